The molecular formula is C29H24ClN3O5. The van der Waals surface area contributed by atoms with Crippen LogP contribution in [0.3, 0.4) is 0 Å². The van der Waals surface area contributed by atoms with Gasteiger partial charge in [0.25, 0.3) is 11.5 Å². The van der Waals surface area contributed by atoms with Crippen LogP contribution in [0, 0.1) is 13.8 Å². The largest absolute Gasteiger partial charge is 0.476 e. The molecule has 0 aliphatic rings. The van der Waals surface area contributed by atoms with E-state index in [-0.39, 0.29) is 28.1 Å². The number of halogens is 1. The van der Waals surface area contributed by atoms with E-state index in [2.05, 4.69) is 5.32 Å². The highest BCUT2D eigenvalue weighted by Gasteiger charge is 2.22. The predicted octanol–water partition coefficient (Wildman–Crippen LogP) is 5.24. The molecule has 0 saturated carbocycles. The molecule has 0 bridgehead atoms. The summed E-state index contributed by atoms with van der Waals surface area (Å²) in [5.41, 5.74) is 2.23. The molecule has 0 fully saturated rings. The van der Waals surface area contributed by atoms with Crippen LogP contribution in [0.25, 0.3) is 28.0 Å². The summed E-state index contributed by atoms with van der Waals surface area (Å²) in [6.45, 7) is 3.03. The van der Waals surface area contributed by atoms with Crippen molar-refractivity contribution in [3.8, 4) is 22.8 Å². The molecule has 0 atom stereocenters. The topological polar surface area (TPSA) is 95.5 Å². The molecule has 0 radical (unpaired) electrons. The normalized spacial score (nSPS) is 11.1. The smallest absolute Gasteiger partial charge is 0.295 e. The first-order valence-corrected chi connectivity index (χ1v) is 12.2. The quantitative estimate of drug-likeness (QED) is 0.325. The number of benzene rings is 3. The van der Waals surface area contributed by atoms with E-state index in [0.29, 0.717) is 27.6 Å². The minimum atomic E-state index is -0.601. The van der Waals surface area contributed by atoms with Crippen LogP contribution in [-0.4, -0.2) is 21.9 Å². The molecular weight excluding hydrogens is 506 g/mol. The van der Waals surface area contributed by atoms with Gasteiger partial charge < -0.3 is 14.5 Å². The number of aromatic nitrogens is 2. The summed E-state index contributed by atoms with van der Waals surface area (Å²) < 4.78 is 15.0. The van der Waals surface area contributed by atoms with E-state index in [4.69, 9.17) is 20.8 Å². The van der Waals surface area contributed by atoms with Crippen molar-refractivity contribution >= 4 is 34.2 Å². The molecule has 0 saturated heterocycles. The zero-order chi connectivity index (χ0) is 27.0. The number of anilines is 1. The maximum Gasteiger partial charge on any atom is 0.295 e. The number of nitrogens with zero attached hydrogens (tertiary/aromatic N) is 2. The number of carbonyl (C=O) groups is 1. The second kappa shape index (κ2) is 10.1. The zero-order valence-corrected chi connectivity index (χ0v) is 21.7. The Labute approximate surface area is 222 Å². The predicted molar refractivity (Wildman–Crippen MR) is 148 cm³/mol. The molecule has 0 aliphatic carbocycles. The minimum Gasteiger partial charge on any atom is -0.476 e. The van der Waals surface area contributed by atoms with E-state index in [0.717, 1.165) is 5.56 Å². The molecule has 3 aromatic carbocycles. The van der Waals surface area contributed by atoms with Gasteiger partial charge in [0, 0.05) is 17.6 Å². The Morgan fingerprint density at radius 2 is 1.66 bits per heavy atom. The fraction of sp³-hybridized carbons (Fsp3) is 0.138. The summed E-state index contributed by atoms with van der Waals surface area (Å²) in [6, 6.07) is 21.3. The summed E-state index contributed by atoms with van der Waals surface area (Å²) in [5, 5.41) is 3.29. The van der Waals surface area contributed by atoms with Gasteiger partial charge in [0.05, 0.1) is 16.8 Å². The lowest BCUT2D eigenvalue weighted by atomic mass is 10.1. The standard InChI is InChI=1S/C29H24ClN3O5/c1-17-14-23-21(15-22(17)30)26(35)28(27(38-23)19-10-6-4-7-11-19)37-16-24(34)31-25-18(2)32(3)33(29(25)36)20-12-8-5-9-13-20/h4-15H,16H2,1-3H3,(H,31,34). The molecule has 2 heterocycles. The van der Waals surface area contributed by atoms with Crippen molar-refractivity contribution in [2.24, 2.45) is 7.05 Å². The Balaban J connectivity index is 1.48. The number of carbonyl (C=O) groups excluding carboxylic acids is 1. The average molecular weight is 530 g/mol. The van der Waals surface area contributed by atoms with E-state index in [9.17, 15) is 14.4 Å². The SMILES string of the molecule is Cc1cc2oc(-c3ccccc3)c(OCC(=O)Nc3c(C)n(C)n(-c4ccccc4)c3=O)c(=O)c2cc1Cl. The second-order valence-electron chi connectivity index (χ2n) is 8.83. The van der Waals surface area contributed by atoms with Crippen molar-refractivity contribution in [2.75, 3.05) is 11.9 Å². The lowest BCUT2D eigenvalue weighted by Crippen LogP contribution is -2.26. The third-order valence-corrected chi connectivity index (χ3v) is 6.74. The van der Waals surface area contributed by atoms with Gasteiger partial charge in [-0.1, -0.05) is 60.1 Å². The van der Waals surface area contributed by atoms with Crippen molar-refractivity contribution in [3.05, 3.63) is 110 Å². The van der Waals surface area contributed by atoms with Crippen LogP contribution in [0.15, 0.2) is 86.8 Å². The lowest BCUT2D eigenvalue weighted by molar-refractivity contribution is -0.118. The molecule has 9 heteroatoms. The van der Waals surface area contributed by atoms with E-state index in [1.54, 1.807) is 61.1 Å². The van der Waals surface area contributed by atoms with Crippen LogP contribution in [0.1, 0.15) is 11.3 Å². The highest BCUT2D eigenvalue weighted by molar-refractivity contribution is 6.32. The van der Waals surface area contributed by atoms with Gasteiger partial charge in [0.1, 0.15) is 11.3 Å². The van der Waals surface area contributed by atoms with Crippen LogP contribution >= 0.6 is 11.6 Å². The van der Waals surface area contributed by atoms with Gasteiger partial charge >= 0.3 is 0 Å². The van der Waals surface area contributed by atoms with Crippen LogP contribution in [0.4, 0.5) is 5.69 Å². The van der Waals surface area contributed by atoms with Gasteiger partial charge in [-0.3, -0.25) is 19.1 Å². The number of ether oxygens (including phenoxy) is 1. The lowest BCUT2D eigenvalue weighted by Gasteiger charge is -2.12. The monoisotopic (exact) mass is 529 g/mol. The maximum absolute atomic E-state index is 13.4. The van der Waals surface area contributed by atoms with Crippen LogP contribution in [-0.2, 0) is 11.8 Å². The first-order chi connectivity index (χ1) is 18.3. The molecule has 0 spiro atoms. The second-order valence-corrected chi connectivity index (χ2v) is 9.23. The number of hydrogen-bond acceptors (Lipinski definition) is 5. The van der Waals surface area contributed by atoms with Crippen molar-refractivity contribution in [2.45, 2.75) is 13.8 Å². The summed E-state index contributed by atoms with van der Waals surface area (Å²) in [7, 11) is 1.73. The van der Waals surface area contributed by atoms with Crippen molar-refractivity contribution in [3.63, 3.8) is 0 Å². The molecule has 0 aliphatic heterocycles. The van der Waals surface area contributed by atoms with Gasteiger partial charge in [0.15, 0.2) is 12.4 Å². The summed E-state index contributed by atoms with van der Waals surface area (Å²) in [4.78, 5) is 39.5. The minimum absolute atomic E-state index is 0.120. The van der Waals surface area contributed by atoms with Crippen LogP contribution in [0.5, 0.6) is 5.75 Å². The Morgan fingerprint density at radius 3 is 2.34 bits per heavy atom. The molecule has 5 aromatic rings. The van der Waals surface area contributed by atoms with E-state index in [1.807, 2.05) is 31.2 Å². The molecule has 1 N–H and O–H groups in total. The van der Waals surface area contributed by atoms with Crippen molar-refractivity contribution in [1.29, 1.82) is 0 Å². The maximum atomic E-state index is 13.4. The Kier molecular flexibility index (Phi) is 6.65. The fourth-order valence-corrected chi connectivity index (χ4v) is 4.40. The third-order valence-electron chi connectivity index (χ3n) is 6.33. The number of para-hydroxylation sites is 1. The summed E-state index contributed by atoms with van der Waals surface area (Å²) >= 11 is 6.26. The van der Waals surface area contributed by atoms with Crippen LogP contribution in [0.2, 0.25) is 5.02 Å². The number of hydrogen-bond donors (Lipinski definition) is 1. The van der Waals surface area contributed by atoms with Gasteiger partial charge in [-0.2, -0.15) is 0 Å². The molecule has 192 valence electrons. The highest BCUT2D eigenvalue weighted by atomic mass is 35.5. The first kappa shape index (κ1) is 25.1. The van der Waals surface area contributed by atoms with E-state index < -0.39 is 17.9 Å². The van der Waals surface area contributed by atoms with Gasteiger partial charge in [0.2, 0.25) is 11.2 Å². The zero-order valence-electron chi connectivity index (χ0n) is 20.9. The van der Waals surface area contributed by atoms with E-state index >= 15 is 0 Å². The Morgan fingerprint density at radius 1 is 1.00 bits per heavy atom. The fourth-order valence-electron chi connectivity index (χ4n) is 4.23. The Bertz CT molecular complexity index is 1790. The average Bonchev–Trinajstić information content (AvgIpc) is 3.13. The molecule has 1 amide bonds. The molecule has 5 rings (SSSR count). The third kappa shape index (κ3) is 4.50. The number of fused-ring (bicyclic) bond motifs is 1. The van der Waals surface area contributed by atoms with Crippen molar-refractivity contribution < 1.29 is 13.9 Å². The highest BCUT2D eigenvalue weighted by Crippen LogP contribution is 2.32. The van der Waals surface area contributed by atoms with E-state index in [1.165, 1.54) is 10.7 Å². The Hall–Kier alpha value is -4.56. The molecule has 8 nitrogen and oxygen atoms in total. The number of amides is 1. The van der Waals surface area contributed by atoms with Gasteiger partial charge in [-0.25, -0.2) is 4.68 Å². The summed E-state index contributed by atoms with van der Waals surface area (Å²) in [5.74, 6) is -0.526. The van der Waals surface area contributed by atoms with Crippen LogP contribution < -0.4 is 21.0 Å². The van der Waals surface area contributed by atoms with Gasteiger partial charge in [-0.15, -0.1) is 0 Å². The summed E-state index contributed by atoms with van der Waals surface area (Å²) in [6.07, 6.45) is 0. The first-order valence-electron chi connectivity index (χ1n) is 11.9. The number of rotatable bonds is 6. The number of nitrogens with one attached hydrogen (secondary N) is 1. The van der Waals surface area contributed by atoms with Gasteiger partial charge in [-0.05, 0) is 43.7 Å². The molecule has 38 heavy (non-hydrogen) atoms. The van der Waals surface area contributed by atoms with Crippen molar-refractivity contribution in [1.82, 2.24) is 9.36 Å². The molecule has 2 aromatic heterocycles. The molecule has 0 unspecified atom stereocenters. The number of aryl methyl sites for hydroxylation is 1.